The van der Waals surface area contributed by atoms with Gasteiger partial charge in [0.05, 0.1) is 29.1 Å². The number of aryl methyl sites for hydroxylation is 1. The number of nitriles is 1. The Balaban J connectivity index is 1.76. The Kier molecular flexibility index (Phi) is 4.95. The fourth-order valence-electron chi connectivity index (χ4n) is 2.37. The molecule has 0 unspecified atom stereocenters. The molecule has 0 fully saturated rings. The highest BCUT2D eigenvalue weighted by Crippen LogP contribution is 2.20. The quantitative estimate of drug-likeness (QED) is 0.714. The van der Waals surface area contributed by atoms with Crippen LogP contribution in [0.15, 0.2) is 47.2 Å². The van der Waals surface area contributed by atoms with Crippen molar-refractivity contribution in [2.75, 3.05) is 5.32 Å². The number of carbonyl (C=O) groups is 1. The van der Waals surface area contributed by atoms with Crippen LogP contribution in [-0.2, 0) is 11.3 Å². The standard InChI is InChI=1S/C17H15BrN6O/c1-12-15(18)11-20-23(12)8-7-16(25)22-17-13(9-19)10-21-24(17)14-5-3-2-4-6-14/h2-6,10-11H,7-8H2,1H3,(H,22,25). The van der Waals surface area contributed by atoms with Gasteiger partial charge in [-0.15, -0.1) is 0 Å². The molecular formula is C17H15BrN6O. The van der Waals surface area contributed by atoms with E-state index in [1.54, 1.807) is 15.6 Å². The van der Waals surface area contributed by atoms with Gasteiger partial charge in [-0.2, -0.15) is 15.5 Å². The van der Waals surface area contributed by atoms with Crippen LogP contribution in [0.2, 0.25) is 0 Å². The fourth-order valence-corrected chi connectivity index (χ4v) is 2.66. The van der Waals surface area contributed by atoms with E-state index in [2.05, 4.69) is 37.5 Å². The minimum atomic E-state index is -0.208. The Morgan fingerprint density at radius 3 is 2.68 bits per heavy atom. The Morgan fingerprint density at radius 1 is 1.28 bits per heavy atom. The molecule has 0 aliphatic heterocycles. The third-order valence-corrected chi connectivity index (χ3v) is 4.52. The maximum atomic E-state index is 12.3. The van der Waals surface area contributed by atoms with E-state index < -0.39 is 0 Å². The average molecular weight is 399 g/mol. The van der Waals surface area contributed by atoms with Gasteiger partial charge in [-0.05, 0) is 35.0 Å². The number of para-hydroxylation sites is 1. The molecule has 0 aliphatic rings. The number of hydrogen-bond acceptors (Lipinski definition) is 4. The van der Waals surface area contributed by atoms with Crippen LogP contribution < -0.4 is 5.32 Å². The van der Waals surface area contributed by atoms with Gasteiger partial charge >= 0.3 is 0 Å². The Hall–Kier alpha value is -2.92. The lowest BCUT2D eigenvalue weighted by atomic mass is 10.3. The van der Waals surface area contributed by atoms with Crippen LogP contribution in [0.4, 0.5) is 5.82 Å². The van der Waals surface area contributed by atoms with Gasteiger partial charge in [-0.3, -0.25) is 9.48 Å². The third kappa shape index (κ3) is 3.61. The lowest BCUT2D eigenvalue weighted by molar-refractivity contribution is -0.116. The number of carbonyl (C=O) groups excluding carboxylic acids is 1. The molecule has 2 aromatic heterocycles. The molecule has 0 bridgehead atoms. The van der Waals surface area contributed by atoms with Crippen molar-refractivity contribution in [3.8, 4) is 11.8 Å². The lowest BCUT2D eigenvalue weighted by Gasteiger charge is -2.10. The zero-order valence-electron chi connectivity index (χ0n) is 13.5. The van der Waals surface area contributed by atoms with Crippen LogP contribution in [0.5, 0.6) is 0 Å². The molecule has 0 spiro atoms. The van der Waals surface area contributed by atoms with Crippen LogP contribution >= 0.6 is 15.9 Å². The van der Waals surface area contributed by atoms with Crippen molar-refractivity contribution < 1.29 is 4.79 Å². The largest absolute Gasteiger partial charge is 0.309 e. The Morgan fingerprint density at radius 2 is 2.04 bits per heavy atom. The van der Waals surface area contributed by atoms with Crippen molar-refractivity contribution in [2.45, 2.75) is 19.9 Å². The molecule has 126 valence electrons. The van der Waals surface area contributed by atoms with E-state index in [0.29, 0.717) is 17.9 Å². The van der Waals surface area contributed by atoms with Crippen LogP contribution in [0, 0.1) is 18.3 Å². The third-order valence-electron chi connectivity index (χ3n) is 3.74. The summed E-state index contributed by atoms with van der Waals surface area (Å²) in [7, 11) is 0. The van der Waals surface area contributed by atoms with Crippen molar-refractivity contribution >= 4 is 27.7 Å². The summed E-state index contributed by atoms with van der Waals surface area (Å²) in [5.74, 6) is 0.164. The van der Waals surface area contributed by atoms with E-state index in [4.69, 9.17) is 0 Å². The second-order valence-corrected chi connectivity index (χ2v) is 6.22. The number of benzene rings is 1. The molecule has 0 saturated heterocycles. The number of halogens is 1. The van der Waals surface area contributed by atoms with Crippen molar-refractivity contribution in [1.82, 2.24) is 19.6 Å². The Bertz CT molecular complexity index is 938. The molecule has 1 amide bonds. The van der Waals surface area contributed by atoms with Gasteiger partial charge in [0, 0.05) is 12.1 Å². The summed E-state index contributed by atoms with van der Waals surface area (Å²) in [6, 6.07) is 11.4. The van der Waals surface area contributed by atoms with Gasteiger partial charge in [0.15, 0.2) is 5.82 Å². The summed E-state index contributed by atoms with van der Waals surface area (Å²) in [5.41, 5.74) is 2.04. The number of rotatable bonds is 5. The van der Waals surface area contributed by atoms with Crippen LogP contribution in [0.1, 0.15) is 17.7 Å². The summed E-state index contributed by atoms with van der Waals surface area (Å²) < 4.78 is 4.21. The molecule has 1 N–H and O–H groups in total. The van der Waals surface area contributed by atoms with Crippen LogP contribution in [-0.4, -0.2) is 25.5 Å². The monoisotopic (exact) mass is 398 g/mol. The number of aromatic nitrogens is 4. The van der Waals surface area contributed by atoms with Gasteiger partial charge in [0.25, 0.3) is 0 Å². The number of hydrogen-bond donors (Lipinski definition) is 1. The first-order valence-electron chi connectivity index (χ1n) is 7.61. The predicted octanol–water partition coefficient (Wildman–Crippen LogP) is 3.04. The SMILES string of the molecule is Cc1c(Br)cnn1CCC(=O)Nc1c(C#N)cnn1-c1ccccc1. The number of anilines is 1. The average Bonchev–Trinajstić information content (AvgIpc) is 3.18. The topological polar surface area (TPSA) is 88.5 Å². The molecule has 0 saturated carbocycles. The first-order chi connectivity index (χ1) is 12.1. The fraction of sp³-hybridized carbons (Fsp3) is 0.176. The van der Waals surface area contributed by atoms with Gasteiger partial charge in [-0.25, -0.2) is 4.68 Å². The molecule has 25 heavy (non-hydrogen) atoms. The normalized spacial score (nSPS) is 10.4. The van der Waals surface area contributed by atoms with Gasteiger partial charge in [0.2, 0.25) is 5.91 Å². The van der Waals surface area contributed by atoms with E-state index in [9.17, 15) is 10.1 Å². The molecular weight excluding hydrogens is 384 g/mol. The van der Waals surface area contributed by atoms with Crippen LogP contribution in [0.25, 0.3) is 5.69 Å². The number of nitrogens with zero attached hydrogens (tertiary/aromatic N) is 5. The van der Waals surface area contributed by atoms with E-state index in [0.717, 1.165) is 15.9 Å². The maximum absolute atomic E-state index is 12.3. The summed E-state index contributed by atoms with van der Waals surface area (Å²) in [4.78, 5) is 12.3. The van der Waals surface area contributed by atoms with Gasteiger partial charge < -0.3 is 5.32 Å². The molecule has 1 aromatic carbocycles. The van der Waals surface area contributed by atoms with Crippen molar-refractivity contribution in [3.05, 3.63) is 58.5 Å². The lowest BCUT2D eigenvalue weighted by Crippen LogP contribution is -2.18. The second kappa shape index (κ2) is 7.32. The van der Waals surface area contributed by atoms with Crippen molar-refractivity contribution in [1.29, 1.82) is 5.26 Å². The van der Waals surface area contributed by atoms with Crippen molar-refractivity contribution in [3.63, 3.8) is 0 Å². The molecule has 2 heterocycles. The minimum Gasteiger partial charge on any atom is -0.309 e. The maximum Gasteiger partial charge on any atom is 0.227 e. The minimum absolute atomic E-state index is 0.208. The summed E-state index contributed by atoms with van der Waals surface area (Å²) in [6.07, 6.45) is 3.38. The molecule has 3 aromatic rings. The predicted molar refractivity (Wildman–Crippen MR) is 96.2 cm³/mol. The van der Waals surface area contributed by atoms with E-state index >= 15 is 0 Å². The highest BCUT2D eigenvalue weighted by molar-refractivity contribution is 9.10. The number of amides is 1. The van der Waals surface area contributed by atoms with E-state index in [1.165, 1.54) is 6.20 Å². The highest BCUT2D eigenvalue weighted by atomic mass is 79.9. The summed E-state index contributed by atoms with van der Waals surface area (Å²) in [5, 5.41) is 20.5. The Labute approximate surface area is 153 Å². The molecule has 7 nitrogen and oxygen atoms in total. The first-order valence-corrected chi connectivity index (χ1v) is 8.40. The van der Waals surface area contributed by atoms with E-state index in [1.807, 2.05) is 37.3 Å². The zero-order chi connectivity index (χ0) is 17.8. The molecule has 0 radical (unpaired) electrons. The molecule has 0 atom stereocenters. The van der Waals surface area contributed by atoms with Crippen LogP contribution in [0.3, 0.4) is 0 Å². The molecule has 8 heteroatoms. The van der Waals surface area contributed by atoms with Gasteiger partial charge in [0.1, 0.15) is 11.6 Å². The smallest absolute Gasteiger partial charge is 0.227 e. The first kappa shape index (κ1) is 16.9. The molecule has 0 aliphatic carbocycles. The molecule has 3 rings (SSSR count). The highest BCUT2D eigenvalue weighted by Gasteiger charge is 2.15. The van der Waals surface area contributed by atoms with E-state index in [-0.39, 0.29) is 12.3 Å². The summed E-state index contributed by atoms with van der Waals surface area (Å²) in [6.45, 7) is 2.37. The summed E-state index contributed by atoms with van der Waals surface area (Å²) >= 11 is 3.39. The van der Waals surface area contributed by atoms with Gasteiger partial charge in [-0.1, -0.05) is 18.2 Å². The zero-order valence-corrected chi connectivity index (χ0v) is 15.1. The van der Waals surface area contributed by atoms with Crippen molar-refractivity contribution in [2.24, 2.45) is 0 Å². The number of nitrogens with one attached hydrogen (secondary N) is 1. The second-order valence-electron chi connectivity index (χ2n) is 5.37.